The van der Waals surface area contributed by atoms with Gasteiger partial charge in [-0.15, -0.1) is 0 Å². The minimum atomic E-state index is -0.342. The maximum Gasteiger partial charge on any atom is 0.282 e. The minimum Gasteiger partial charge on any atom is -0.336 e. The van der Waals surface area contributed by atoms with Crippen molar-refractivity contribution < 1.29 is 14.4 Å². The van der Waals surface area contributed by atoms with Gasteiger partial charge in [0.25, 0.3) is 11.8 Å². The molecule has 2 aliphatic heterocycles. The predicted molar refractivity (Wildman–Crippen MR) is 134 cm³/mol. The number of hydrogen-bond acceptors (Lipinski definition) is 4. The van der Waals surface area contributed by atoms with E-state index in [4.69, 9.17) is 0 Å². The van der Waals surface area contributed by atoms with Gasteiger partial charge in [-0.05, 0) is 66.8 Å². The van der Waals surface area contributed by atoms with Crippen LogP contribution in [0.25, 0.3) is 5.57 Å². The fourth-order valence-corrected chi connectivity index (χ4v) is 4.72. The topological polar surface area (TPSA) is 69.7 Å². The average molecular weight is 452 g/mol. The molecule has 1 N–H and O–H groups in total. The molecular formula is C28H25N3O3. The molecule has 0 fully saturated rings. The molecule has 0 bridgehead atoms. The molecule has 0 unspecified atom stereocenters. The molecule has 34 heavy (non-hydrogen) atoms. The van der Waals surface area contributed by atoms with Crippen molar-refractivity contribution in [3.63, 3.8) is 0 Å². The molecule has 3 aromatic rings. The number of nitrogens with one attached hydrogen (secondary N) is 1. The molecule has 0 atom stereocenters. The summed E-state index contributed by atoms with van der Waals surface area (Å²) in [6, 6.07) is 20.7. The SMILES string of the molecule is CC(=O)Nc1ccc(C2=C(N3CCc4ccccc43)C(=O)N(c3cccc(C)c3C)C2=O)cc1. The van der Waals surface area contributed by atoms with Crippen LogP contribution in [0.4, 0.5) is 17.1 Å². The van der Waals surface area contributed by atoms with Crippen LogP contribution in [0.1, 0.15) is 29.2 Å². The molecule has 0 spiro atoms. The summed E-state index contributed by atoms with van der Waals surface area (Å²) in [5, 5.41) is 2.74. The van der Waals surface area contributed by atoms with E-state index in [0.29, 0.717) is 34.8 Å². The van der Waals surface area contributed by atoms with Crippen LogP contribution in [0.3, 0.4) is 0 Å². The fourth-order valence-electron chi connectivity index (χ4n) is 4.72. The first-order valence-electron chi connectivity index (χ1n) is 11.3. The second-order valence-electron chi connectivity index (χ2n) is 8.68. The zero-order valence-electron chi connectivity index (χ0n) is 19.4. The van der Waals surface area contributed by atoms with Gasteiger partial charge in [-0.1, -0.05) is 42.5 Å². The molecule has 2 heterocycles. The van der Waals surface area contributed by atoms with Gasteiger partial charge in [-0.25, -0.2) is 4.90 Å². The van der Waals surface area contributed by atoms with Crippen molar-refractivity contribution in [3.05, 3.63) is 94.7 Å². The lowest BCUT2D eigenvalue weighted by molar-refractivity contribution is -0.120. The lowest BCUT2D eigenvalue weighted by Crippen LogP contribution is -2.35. The summed E-state index contributed by atoms with van der Waals surface area (Å²) in [7, 11) is 0. The Kier molecular flexibility index (Phi) is 5.28. The fraction of sp³-hybridized carbons (Fsp3) is 0.179. The maximum atomic E-state index is 13.9. The van der Waals surface area contributed by atoms with Gasteiger partial charge in [0.1, 0.15) is 5.70 Å². The zero-order valence-corrected chi connectivity index (χ0v) is 19.4. The number of hydrogen-bond donors (Lipinski definition) is 1. The van der Waals surface area contributed by atoms with Crippen LogP contribution >= 0.6 is 0 Å². The number of nitrogens with zero attached hydrogens (tertiary/aromatic N) is 2. The zero-order chi connectivity index (χ0) is 24.0. The number of aryl methyl sites for hydroxylation is 1. The van der Waals surface area contributed by atoms with E-state index in [2.05, 4.69) is 11.4 Å². The van der Waals surface area contributed by atoms with Crippen LogP contribution in [-0.2, 0) is 20.8 Å². The van der Waals surface area contributed by atoms with Gasteiger partial charge in [-0.3, -0.25) is 14.4 Å². The molecule has 170 valence electrons. The number of benzene rings is 3. The van der Waals surface area contributed by atoms with Gasteiger partial charge in [0, 0.05) is 24.8 Å². The maximum absolute atomic E-state index is 13.9. The first-order chi connectivity index (χ1) is 16.4. The molecule has 0 radical (unpaired) electrons. The molecule has 3 aromatic carbocycles. The minimum absolute atomic E-state index is 0.172. The predicted octanol–water partition coefficient (Wildman–Crippen LogP) is 4.61. The molecule has 5 rings (SSSR count). The molecule has 0 saturated carbocycles. The highest BCUT2D eigenvalue weighted by molar-refractivity contribution is 6.46. The van der Waals surface area contributed by atoms with Crippen molar-refractivity contribution in [2.24, 2.45) is 0 Å². The van der Waals surface area contributed by atoms with Gasteiger partial charge < -0.3 is 10.2 Å². The Morgan fingerprint density at radius 3 is 2.29 bits per heavy atom. The van der Waals surface area contributed by atoms with Gasteiger partial charge in [0.15, 0.2) is 0 Å². The number of amides is 3. The van der Waals surface area contributed by atoms with Gasteiger partial charge in [-0.2, -0.15) is 0 Å². The van der Waals surface area contributed by atoms with E-state index >= 15 is 0 Å². The second kappa shape index (κ2) is 8.30. The van der Waals surface area contributed by atoms with Crippen molar-refractivity contribution in [2.75, 3.05) is 21.7 Å². The van der Waals surface area contributed by atoms with E-state index in [-0.39, 0.29) is 17.7 Å². The summed E-state index contributed by atoms with van der Waals surface area (Å²) in [6.07, 6.45) is 0.805. The van der Waals surface area contributed by atoms with Crippen molar-refractivity contribution in [1.29, 1.82) is 0 Å². The number of carbonyl (C=O) groups is 3. The highest BCUT2D eigenvalue weighted by Crippen LogP contribution is 2.41. The third kappa shape index (κ3) is 3.48. The molecular weight excluding hydrogens is 426 g/mol. The third-order valence-electron chi connectivity index (χ3n) is 6.53. The van der Waals surface area contributed by atoms with E-state index < -0.39 is 0 Å². The van der Waals surface area contributed by atoms with Gasteiger partial charge >= 0.3 is 0 Å². The number of imide groups is 1. The van der Waals surface area contributed by atoms with Crippen molar-refractivity contribution in [1.82, 2.24) is 0 Å². The Hall–Kier alpha value is -4.19. The van der Waals surface area contributed by atoms with Crippen molar-refractivity contribution in [2.45, 2.75) is 27.2 Å². The molecule has 0 aliphatic carbocycles. The van der Waals surface area contributed by atoms with Gasteiger partial charge in [0.05, 0.1) is 11.3 Å². The monoisotopic (exact) mass is 451 g/mol. The van der Waals surface area contributed by atoms with Crippen LogP contribution in [0, 0.1) is 13.8 Å². The lowest BCUT2D eigenvalue weighted by atomic mass is 10.0. The molecule has 0 saturated heterocycles. The largest absolute Gasteiger partial charge is 0.336 e. The van der Waals surface area contributed by atoms with E-state index in [0.717, 1.165) is 28.8 Å². The van der Waals surface area contributed by atoms with Crippen LogP contribution in [0.15, 0.2) is 72.4 Å². The van der Waals surface area contributed by atoms with Crippen LogP contribution in [0.5, 0.6) is 0 Å². The van der Waals surface area contributed by atoms with Crippen molar-refractivity contribution >= 4 is 40.4 Å². The Labute approximate surface area is 198 Å². The van der Waals surface area contributed by atoms with Crippen LogP contribution < -0.4 is 15.1 Å². The summed E-state index contributed by atoms with van der Waals surface area (Å²) in [5.41, 5.74) is 6.65. The van der Waals surface area contributed by atoms with Crippen LogP contribution in [-0.4, -0.2) is 24.3 Å². The third-order valence-corrected chi connectivity index (χ3v) is 6.53. The Balaban J connectivity index is 1.66. The average Bonchev–Trinajstić information content (AvgIpc) is 3.34. The summed E-state index contributed by atoms with van der Waals surface area (Å²) in [4.78, 5) is 42.5. The standard InChI is InChI=1S/C28H25N3O3/c1-17-7-6-10-23(18(17)2)31-27(33)25(21-11-13-22(14-12-21)29-19(3)32)26(28(31)34)30-16-15-20-8-4-5-9-24(20)30/h4-14H,15-16H2,1-3H3,(H,29,32). The van der Waals surface area contributed by atoms with E-state index in [1.807, 2.05) is 55.1 Å². The second-order valence-corrected chi connectivity index (χ2v) is 8.68. The molecule has 6 heteroatoms. The Morgan fingerprint density at radius 2 is 1.56 bits per heavy atom. The molecule has 6 nitrogen and oxygen atoms in total. The van der Waals surface area contributed by atoms with Gasteiger partial charge in [0.2, 0.25) is 5.91 Å². The first kappa shape index (κ1) is 21.6. The summed E-state index contributed by atoms with van der Waals surface area (Å²) < 4.78 is 0. The van der Waals surface area contributed by atoms with E-state index in [9.17, 15) is 14.4 Å². The highest BCUT2D eigenvalue weighted by atomic mass is 16.2. The summed E-state index contributed by atoms with van der Waals surface area (Å²) >= 11 is 0. The van der Waals surface area contributed by atoms with E-state index in [1.54, 1.807) is 24.3 Å². The number of fused-ring (bicyclic) bond motifs is 1. The van der Waals surface area contributed by atoms with Crippen LogP contribution in [0.2, 0.25) is 0 Å². The number of carbonyl (C=O) groups excluding carboxylic acids is 3. The smallest absolute Gasteiger partial charge is 0.282 e. The normalized spacial score (nSPS) is 15.3. The Morgan fingerprint density at radius 1 is 0.853 bits per heavy atom. The molecule has 3 amide bonds. The quantitative estimate of drug-likeness (QED) is 0.588. The molecule has 2 aliphatic rings. The number of para-hydroxylation sites is 1. The summed E-state index contributed by atoms with van der Waals surface area (Å²) in [6.45, 7) is 5.97. The number of rotatable bonds is 4. The first-order valence-corrected chi connectivity index (χ1v) is 11.3. The number of anilines is 3. The summed E-state index contributed by atoms with van der Waals surface area (Å²) in [5.74, 6) is -0.837. The van der Waals surface area contributed by atoms with E-state index in [1.165, 1.54) is 11.8 Å². The Bertz CT molecular complexity index is 1370. The molecule has 0 aromatic heterocycles. The van der Waals surface area contributed by atoms with Crippen molar-refractivity contribution in [3.8, 4) is 0 Å². The lowest BCUT2D eigenvalue weighted by Gasteiger charge is -2.22. The highest BCUT2D eigenvalue weighted by Gasteiger charge is 2.44.